The third-order valence-electron chi connectivity index (χ3n) is 5.64. The minimum Gasteiger partial charge on any atom is -0.376 e. The van der Waals surface area contributed by atoms with Crippen LogP contribution in [-0.2, 0) is 4.74 Å². The zero-order valence-corrected chi connectivity index (χ0v) is 18.6. The van der Waals surface area contributed by atoms with E-state index in [1.807, 2.05) is 12.1 Å². The van der Waals surface area contributed by atoms with Gasteiger partial charge in [0.25, 0.3) is 11.8 Å². The predicted octanol–water partition coefficient (Wildman–Crippen LogP) is 4.75. The van der Waals surface area contributed by atoms with Crippen molar-refractivity contribution in [3.05, 3.63) is 57.6 Å². The standard InChI is InChI=1S/C23H25Cl2N3O3/c24-19-7-5-15(12-20(19)25)22(29)27-16-6-8-21(28-9-1-2-10-28)18(13-16)23(30)26-14-17-4-3-11-31-17/h5-8,12-13,17H,1-4,9-11,14H2,(H,26,30)(H,27,29). The summed E-state index contributed by atoms with van der Waals surface area (Å²) in [4.78, 5) is 27.9. The fraction of sp³-hybridized carbons (Fsp3) is 0.391. The van der Waals surface area contributed by atoms with E-state index in [2.05, 4.69) is 15.5 Å². The summed E-state index contributed by atoms with van der Waals surface area (Å²) in [6, 6.07) is 10.2. The fourth-order valence-electron chi connectivity index (χ4n) is 3.98. The first-order valence-corrected chi connectivity index (χ1v) is 11.3. The molecule has 2 aromatic rings. The van der Waals surface area contributed by atoms with Gasteiger partial charge in [-0.25, -0.2) is 0 Å². The molecule has 6 nitrogen and oxygen atoms in total. The Morgan fingerprint density at radius 2 is 1.81 bits per heavy atom. The SMILES string of the molecule is O=C(Nc1ccc(N2CCCC2)c(C(=O)NCC2CCCO2)c1)c1ccc(Cl)c(Cl)c1. The number of anilines is 2. The number of halogens is 2. The molecule has 2 amide bonds. The van der Waals surface area contributed by atoms with Crippen molar-refractivity contribution in [3.8, 4) is 0 Å². The molecule has 8 heteroatoms. The molecule has 0 aromatic heterocycles. The molecule has 2 aliphatic heterocycles. The van der Waals surface area contributed by atoms with Crippen molar-refractivity contribution in [1.82, 2.24) is 5.32 Å². The maximum Gasteiger partial charge on any atom is 0.255 e. The van der Waals surface area contributed by atoms with Gasteiger partial charge in [-0.15, -0.1) is 0 Å². The largest absolute Gasteiger partial charge is 0.376 e. The second-order valence-electron chi connectivity index (χ2n) is 7.85. The first-order valence-electron chi connectivity index (χ1n) is 10.6. The molecule has 2 fully saturated rings. The third kappa shape index (κ3) is 5.32. The van der Waals surface area contributed by atoms with Crippen LogP contribution in [-0.4, -0.2) is 44.2 Å². The highest BCUT2D eigenvalue weighted by Crippen LogP contribution is 2.28. The van der Waals surface area contributed by atoms with Gasteiger partial charge in [0.05, 0.1) is 21.7 Å². The molecule has 164 valence electrons. The van der Waals surface area contributed by atoms with E-state index in [1.54, 1.807) is 18.2 Å². The van der Waals surface area contributed by atoms with Crippen molar-refractivity contribution in [1.29, 1.82) is 0 Å². The second kappa shape index (κ2) is 9.90. The third-order valence-corrected chi connectivity index (χ3v) is 6.38. The average molecular weight is 462 g/mol. The lowest BCUT2D eigenvalue weighted by atomic mass is 10.1. The van der Waals surface area contributed by atoms with E-state index >= 15 is 0 Å². The van der Waals surface area contributed by atoms with Gasteiger partial charge in [0.15, 0.2) is 0 Å². The van der Waals surface area contributed by atoms with Crippen molar-refractivity contribution in [2.75, 3.05) is 36.5 Å². The van der Waals surface area contributed by atoms with Gasteiger partial charge in [0.1, 0.15) is 0 Å². The van der Waals surface area contributed by atoms with Crippen LogP contribution in [0.5, 0.6) is 0 Å². The van der Waals surface area contributed by atoms with E-state index in [4.69, 9.17) is 27.9 Å². The molecule has 2 N–H and O–H groups in total. The van der Waals surface area contributed by atoms with E-state index in [0.29, 0.717) is 33.4 Å². The number of benzene rings is 2. The molecule has 2 aliphatic rings. The Labute approximate surface area is 191 Å². The molecule has 1 unspecified atom stereocenters. The maximum absolute atomic E-state index is 13.0. The first kappa shape index (κ1) is 21.9. The van der Waals surface area contributed by atoms with Gasteiger partial charge in [-0.2, -0.15) is 0 Å². The Bertz CT molecular complexity index is 971. The van der Waals surface area contributed by atoms with E-state index < -0.39 is 0 Å². The molecule has 2 saturated heterocycles. The minimum atomic E-state index is -0.321. The molecule has 4 rings (SSSR count). The van der Waals surface area contributed by atoms with Crippen molar-refractivity contribution in [2.24, 2.45) is 0 Å². The lowest BCUT2D eigenvalue weighted by Gasteiger charge is -2.22. The van der Waals surface area contributed by atoms with E-state index in [0.717, 1.165) is 51.1 Å². The van der Waals surface area contributed by atoms with Gasteiger partial charge in [0, 0.05) is 43.2 Å². The molecule has 0 radical (unpaired) electrons. The predicted molar refractivity (Wildman–Crippen MR) is 124 cm³/mol. The molecule has 31 heavy (non-hydrogen) atoms. The van der Waals surface area contributed by atoms with Gasteiger partial charge >= 0.3 is 0 Å². The monoisotopic (exact) mass is 461 g/mol. The van der Waals surface area contributed by atoms with Gasteiger partial charge in [-0.3, -0.25) is 9.59 Å². The number of amides is 2. The highest BCUT2D eigenvalue weighted by molar-refractivity contribution is 6.42. The molecular weight excluding hydrogens is 437 g/mol. The highest BCUT2D eigenvalue weighted by atomic mass is 35.5. The summed E-state index contributed by atoms with van der Waals surface area (Å²) in [6.45, 7) is 3.07. The minimum absolute atomic E-state index is 0.0664. The summed E-state index contributed by atoms with van der Waals surface area (Å²) in [6.07, 6.45) is 4.26. The van der Waals surface area contributed by atoms with Crippen molar-refractivity contribution < 1.29 is 14.3 Å². The summed E-state index contributed by atoms with van der Waals surface area (Å²) in [5.41, 5.74) is 2.37. The molecule has 0 bridgehead atoms. The summed E-state index contributed by atoms with van der Waals surface area (Å²) in [5.74, 6) is -0.485. The molecular formula is C23H25Cl2N3O3. The van der Waals surface area contributed by atoms with Crippen LogP contribution in [0.3, 0.4) is 0 Å². The molecule has 0 aliphatic carbocycles. The van der Waals surface area contributed by atoms with Crippen LogP contribution >= 0.6 is 23.2 Å². The van der Waals surface area contributed by atoms with E-state index in [-0.39, 0.29) is 17.9 Å². The van der Waals surface area contributed by atoms with E-state index in [9.17, 15) is 9.59 Å². The average Bonchev–Trinajstić information content (AvgIpc) is 3.48. The zero-order chi connectivity index (χ0) is 21.8. The summed E-state index contributed by atoms with van der Waals surface area (Å²) < 4.78 is 5.61. The summed E-state index contributed by atoms with van der Waals surface area (Å²) in [7, 11) is 0. The van der Waals surface area contributed by atoms with Gasteiger partial charge < -0.3 is 20.3 Å². The number of ether oxygens (including phenoxy) is 1. The lowest BCUT2D eigenvalue weighted by Crippen LogP contribution is -2.33. The van der Waals surface area contributed by atoms with Crippen LogP contribution < -0.4 is 15.5 Å². The lowest BCUT2D eigenvalue weighted by molar-refractivity contribution is 0.0858. The van der Waals surface area contributed by atoms with Crippen LogP contribution in [0.1, 0.15) is 46.4 Å². The Kier molecular flexibility index (Phi) is 7.00. The van der Waals surface area contributed by atoms with Crippen LogP contribution in [0.4, 0.5) is 11.4 Å². The smallest absolute Gasteiger partial charge is 0.255 e. The number of hydrogen-bond donors (Lipinski definition) is 2. The normalized spacial score (nSPS) is 18.3. The Morgan fingerprint density at radius 1 is 1.00 bits per heavy atom. The molecule has 2 aromatic carbocycles. The number of rotatable bonds is 6. The van der Waals surface area contributed by atoms with E-state index in [1.165, 1.54) is 6.07 Å². The highest BCUT2D eigenvalue weighted by Gasteiger charge is 2.22. The van der Waals surface area contributed by atoms with Crippen LogP contribution in [0.25, 0.3) is 0 Å². The van der Waals surface area contributed by atoms with Crippen LogP contribution in [0.2, 0.25) is 10.0 Å². The molecule has 1 atom stereocenters. The molecule has 0 saturated carbocycles. The van der Waals surface area contributed by atoms with Gasteiger partial charge in [0.2, 0.25) is 0 Å². The van der Waals surface area contributed by atoms with Crippen molar-refractivity contribution >= 4 is 46.4 Å². The Hall–Kier alpha value is -2.28. The van der Waals surface area contributed by atoms with Gasteiger partial charge in [-0.1, -0.05) is 23.2 Å². The number of carbonyl (C=O) groups excluding carboxylic acids is 2. The number of carbonyl (C=O) groups is 2. The van der Waals surface area contributed by atoms with Crippen LogP contribution in [0.15, 0.2) is 36.4 Å². The fourth-order valence-corrected chi connectivity index (χ4v) is 4.28. The number of nitrogens with one attached hydrogen (secondary N) is 2. The second-order valence-corrected chi connectivity index (χ2v) is 8.67. The molecule has 2 heterocycles. The number of nitrogens with zero attached hydrogens (tertiary/aromatic N) is 1. The topological polar surface area (TPSA) is 70.7 Å². The van der Waals surface area contributed by atoms with Crippen LogP contribution in [0, 0.1) is 0 Å². The van der Waals surface area contributed by atoms with Crippen molar-refractivity contribution in [2.45, 2.75) is 31.8 Å². The maximum atomic E-state index is 13.0. The summed E-state index contributed by atoms with van der Waals surface area (Å²) in [5, 5.41) is 6.55. The summed E-state index contributed by atoms with van der Waals surface area (Å²) >= 11 is 12.0. The number of hydrogen-bond acceptors (Lipinski definition) is 4. The zero-order valence-electron chi connectivity index (χ0n) is 17.1. The Balaban J connectivity index is 1.53. The van der Waals surface area contributed by atoms with Gasteiger partial charge in [-0.05, 0) is 62.1 Å². The first-order chi connectivity index (χ1) is 15.0. The quantitative estimate of drug-likeness (QED) is 0.650. The van der Waals surface area contributed by atoms with Crippen molar-refractivity contribution in [3.63, 3.8) is 0 Å². The Morgan fingerprint density at radius 3 is 2.52 bits per heavy atom. The molecule has 0 spiro atoms.